The number of ether oxygens (including phenoxy) is 1. The minimum absolute atomic E-state index is 0.117. The van der Waals surface area contributed by atoms with E-state index in [0.29, 0.717) is 20.7 Å². The van der Waals surface area contributed by atoms with Gasteiger partial charge in [0.1, 0.15) is 5.82 Å². The van der Waals surface area contributed by atoms with Crippen molar-refractivity contribution in [2.24, 2.45) is 29.1 Å². The maximum atomic E-state index is 14.7. The first-order chi connectivity index (χ1) is 22.7. The fourth-order valence-corrected chi connectivity index (χ4v) is 9.49. The molecule has 2 aliphatic carbocycles. The summed E-state index contributed by atoms with van der Waals surface area (Å²) in [7, 11) is 1.40. The van der Waals surface area contributed by atoms with Gasteiger partial charge in [-0.1, -0.05) is 40.9 Å². The van der Waals surface area contributed by atoms with Gasteiger partial charge in [0.05, 0.1) is 51.1 Å². The summed E-state index contributed by atoms with van der Waals surface area (Å²) < 4.78 is 20.4. The van der Waals surface area contributed by atoms with Gasteiger partial charge in [0, 0.05) is 15.4 Å². The number of carbonyl (C=O) groups excluding carboxylic acids is 4. The minimum atomic E-state index is -1.40. The summed E-state index contributed by atoms with van der Waals surface area (Å²) >= 11 is 19.5. The molecule has 1 N–H and O–H groups in total. The number of aryl methyl sites for hydroxylation is 1. The Balaban J connectivity index is 1.41. The van der Waals surface area contributed by atoms with E-state index >= 15 is 0 Å². The van der Waals surface area contributed by atoms with E-state index in [4.69, 9.17) is 27.9 Å². The highest BCUT2D eigenvalue weighted by atomic mass is 79.9. The second-order valence-corrected chi connectivity index (χ2v) is 15.3. The van der Waals surface area contributed by atoms with E-state index in [1.165, 1.54) is 24.1 Å². The number of rotatable bonds is 4. The van der Waals surface area contributed by atoms with Crippen LogP contribution >= 0.6 is 55.1 Å². The summed E-state index contributed by atoms with van der Waals surface area (Å²) in [6, 6.07) is 10.3. The maximum absolute atomic E-state index is 14.7. The SMILES string of the molecule is COc1cc(C2C3=CCC4C(=O)N(c5ccc(C)c(Cl)c5)C(=O)C4C3CC3C(=O)N(c4ccc(F)c(Cl)c4)C(=O)C32C)c(Br)c(Br)c1O. The molecule has 1 saturated carbocycles. The van der Waals surface area contributed by atoms with Crippen LogP contribution in [-0.2, 0) is 19.2 Å². The van der Waals surface area contributed by atoms with Crippen molar-refractivity contribution in [1.82, 2.24) is 0 Å². The van der Waals surface area contributed by atoms with Gasteiger partial charge in [-0.3, -0.25) is 19.2 Å². The highest BCUT2D eigenvalue weighted by Crippen LogP contribution is 2.65. The summed E-state index contributed by atoms with van der Waals surface area (Å²) in [5, 5.41) is 11.0. The Labute approximate surface area is 302 Å². The van der Waals surface area contributed by atoms with Gasteiger partial charge in [-0.2, -0.15) is 0 Å². The van der Waals surface area contributed by atoms with Crippen molar-refractivity contribution < 1.29 is 33.4 Å². The molecule has 7 rings (SSSR count). The van der Waals surface area contributed by atoms with Crippen molar-refractivity contribution >= 4 is 90.1 Å². The van der Waals surface area contributed by atoms with Crippen LogP contribution in [0.2, 0.25) is 10.0 Å². The molecule has 3 aromatic rings. The van der Waals surface area contributed by atoms with E-state index in [1.54, 1.807) is 31.2 Å². The monoisotopic (exact) mass is 818 g/mol. The molecule has 48 heavy (non-hydrogen) atoms. The molecule has 4 amide bonds. The molecule has 2 saturated heterocycles. The number of fused-ring (bicyclic) bond motifs is 4. The van der Waals surface area contributed by atoms with Crippen molar-refractivity contribution in [1.29, 1.82) is 0 Å². The first kappa shape index (κ1) is 33.3. The lowest BCUT2D eigenvalue weighted by atomic mass is 9.51. The topological polar surface area (TPSA) is 104 Å². The second kappa shape index (κ2) is 11.7. The molecule has 0 radical (unpaired) electrons. The summed E-state index contributed by atoms with van der Waals surface area (Å²) in [5.41, 5.74) is 1.17. The number of hydrogen-bond acceptors (Lipinski definition) is 6. The first-order valence-corrected chi connectivity index (χ1v) is 17.5. The summed E-state index contributed by atoms with van der Waals surface area (Å²) in [6.07, 6.45) is 2.27. The summed E-state index contributed by atoms with van der Waals surface area (Å²) in [4.78, 5) is 59.6. The van der Waals surface area contributed by atoms with Crippen LogP contribution < -0.4 is 14.5 Å². The molecule has 3 aromatic carbocycles. The Morgan fingerprint density at radius 2 is 1.58 bits per heavy atom. The van der Waals surface area contributed by atoms with Gasteiger partial charge in [-0.25, -0.2) is 14.2 Å². The average molecular weight is 821 g/mol. The van der Waals surface area contributed by atoms with Crippen molar-refractivity contribution in [3.8, 4) is 11.5 Å². The Morgan fingerprint density at radius 1 is 0.917 bits per heavy atom. The number of carbonyl (C=O) groups is 4. The van der Waals surface area contributed by atoms with Gasteiger partial charge >= 0.3 is 0 Å². The fourth-order valence-electron chi connectivity index (χ4n) is 8.18. The normalized spacial score (nSPS) is 28.0. The lowest BCUT2D eigenvalue weighted by Crippen LogP contribution is -2.49. The van der Waals surface area contributed by atoms with Crippen LogP contribution in [0.1, 0.15) is 36.8 Å². The van der Waals surface area contributed by atoms with Crippen LogP contribution in [-0.4, -0.2) is 35.8 Å². The summed E-state index contributed by atoms with van der Waals surface area (Å²) in [5.74, 6) is -6.33. The predicted molar refractivity (Wildman–Crippen MR) is 185 cm³/mol. The largest absolute Gasteiger partial charge is 0.503 e. The number of phenolic OH excluding ortho intramolecular Hbond substituents is 1. The van der Waals surface area contributed by atoms with Crippen LogP contribution in [0, 0.1) is 41.8 Å². The number of hydrogen-bond donors (Lipinski definition) is 1. The third kappa shape index (κ3) is 4.57. The lowest BCUT2D eigenvalue weighted by molar-refractivity contribution is -0.131. The first-order valence-electron chi connectivity index (χ1n) is 15.1. The summed E-state index contributed by atoms with van der Waals surface area (Å²) in [6.45, 7) is 3.55. The molecular formula is C35H27Br2Cl2FN2O6. The third-order valence-corrected chi connectivity index (χ3v) is 13.4. The highest BCUT2D eigenvalue weighted by Gasteiger charge is 2.68. The number of methoxy groups -OCH3 is 1. The van der Waals surface area contributed by atoms with E-state index in [9.17, 15) is 28.7 Å². The van der Waals surface area contributed by atoms with Gasteiger partial charge in [-0.15, -0.1) is 0 Å². The highest BCUT2D eigenvalue weighted by molar-refractivity contribution is 9.13. The predicted octanol–water partition coefficient (Wildman–Crippen LogP) is 8.12. The van der Waals surface area contributed by atoms with Gasteiger partial charge < -0.3 is 9.84 Å². The molecule has 8 nitrogen and oxygen atoms in total. The van der Waals surface area contributed by atoms with Gasteiger partial charge in [0.25, 0.3) is 0 Å². The average Bonchev–Trinajstić information content (AvgIpc) is 3.42. The molecule has 0 spiro atoms. The number of halogens is 5. The number of aromatic hydroxyl groups is 1. The fraction of sp³-hybridized carbons (Fsp3) is 0.314. The number of imide groups is 2. The molecule has 6 atom stereocenters. The molecule has 0 bridgehead atoms. The zero-order valence-corrected chi connectivity index (χ0v) is 30.4. The van der Waals surface area contributed by atoms with Crippen LogP contribution in [0.3, 0.4) is 0 Å². The van der Waals surface area contributed by atoms with Gasteiger partial charge in [0.15, 0.2) is 11.5 Å². The molecule has 2 heterocycles. The molecular weight excluding hydrogens is 794 g/mol. The van der Waals surface area contributed by atoms with E-state index in [2.05, 4.69) is 31.9 Å². The Hall–Kier alpha value is -3.25. The molecule has 13 heteroatoms. The standard InChI is InChI=1S/C35H27Br2Cl2FN2O6/c1-14-4-5-15(10-22(14)38)41-31(44)18-8-7-17-19(26(18)33(41)46)12-21-32(45)42(16-6-9-24(40)23(39)11-16)34(47)35(21,2)27(17)20-13-25(48-3)30(43)29(37)28(20)36/h4-7,9-11,13,18-19,21,26-27,43H,8,12H2,1-3H3. The number of anilines is 2. The quantitative estimate of drug-likeness (QED) is 0.211. The molecule has 0 aromatic heterocycles. The number of phenols is 1. The number of allylic oxidation sites excluding steroid dienone is 2. The van der Waals surface area contributed by atoms with E-state index < -0.39 is 58.5 Å². The van der Waals surface area contributed by atoms with Crippen molar-refractivity contribution in [3.63, 3.8) is 0 Å². The lowest BCUT2D eigenvalue weighted by Gasteiger charge is -2.49. The molecule has 3 fully saturated rings. The third-order valence-electron chi connectivity index (χ3n) is 10.6. The second-order valence-electron chi connectivity index (χ2n) is 12.8. The van der Waals surface area contributed by atoms with Crippen LogP contribution in [0.4, 0.5) is 15.8 Å². The van der Waals surface area contributed by atoms with Crippen molar-refractivity contribution in [2.45, 2.75) is 32.6 Å². The van der Waals surface area contributed by atoms with Crippen LogP contribution in [0.15, 0.2) is 63.1 Å². The Morgan fingerprint density at radius 3 is 2.25 bits per heavy atom. The zero-order valence-electron chi connectivity index (χ0n) is 25.7. The Kier molecular flexibility index (Phi) is 8.09. The number of nitrogens with zero attached hydrogens (tertiary/aromatic N) is 2. The van der Waals surface area contributed by atoms with Crippen molar-refractivity contribution in [3.05, 3.63) is 90.0 Å². The van der Waals surface area contributed by atoms with Crippen molar-refractivity contribution in [2.75, 3.05) is 16.9 Å². The van der Waals surface area contributed by atoms with E-state index in [-0.39, 0.29) is 45.4 Å². The molecule has 2 aliphatic heterocycles. The Bertz CT molecular complexity index is 2020. The van der Waals surface area contributed by atoms with Crippen LogP contribution in [0.5, 0.6) is 11.5 Å². The number of benzene rings is 3. The van der Waals surface area contributed by atoms with Gasteiger partial charge in [-0.05, 0) is 112 Å². The molecule has 248 valence electrons. The smallest absolute Gasteiger partial charge is 0.241 e. The molecule has 6 unspecified atom stereocenters. The van der Waals surface area contributed by atoms with Crippen LogP contribution in [0.25, 0.3) is 0 Å². The number of amides is 4. The zero-order chi connectivity index (χ0) is 34.6. The van der Waals surface area contributed by atoms with E-state index in [1.807, 2.05) is 13.0 Å². The molecule has 4 aliphatic rings. The van der Waals surface area contributed by atoms with E-state index in [0.717, 1.165) is 22.1 Å². The van der Waals surface area contributed by atoms with Gasteiger partial charge in [0.2, 0.25) is 23.6 Å². The minimum Gasteiger partial charge on any atom is -0.503 e. The maximum Gasteiger partial charge on any atom is 0.241 e.